The molecule has 2 nitrogen and oxygen atoms in total. The number of benzene rings is 2. The van der Waals surface area contributed by atoms with Crippen LogP contribution in [-0.2, 0) is 6.54 Å². The Morgan fingerprint density at radius 1 is 1.20 bits per heavy atom. The topological polar surface area (TPSA) is 20.3 Å². The van der Waals surface area contributed by atoms with Crippen LogP contribution in [-0.4, -0.2) is 12.8 Å². The van der Waals surface area contributed by atoms with E-state index in [1.807, 2.05) is 18.0 Å². The van der Waals surface area contributed by atoms with E-state index in [1.54, 1.807) is 24.3 Å². The van der Waals surface area contributed by atoms with Crippen LogP contribution in [0.15, 0.2) is 42.5 Å². The molecule has 0 N–H and O–H groups in total. The molecule has 2 rings (SSSR count). The van der Waals surface area contributed by atoms with E-state index in [2.05, 4.69) is 0 Å². The van der Waals surface area contributed by atoms with Gasteiger partial charge in [0.05, 0.1) is 10.7 Å². The van der Waals surface area contributed by atoms with Crippen molar-refractivity contribution < 1.29 is 9.18 Å². The molecule has 4 heteroatoms. The van der Waals surface area contributed by atoms with E-state index in [9.17, 15) is 9.18 Å². The Bertz CT molecular complexity index is 625. The second kappa shape index (κ2) is 6.06. The molecular formula is C16H15ClFNO. The summed E-state index contributed by atoms with van der Waals surface area (Å²) < 4.78 is 12.9. The Kier molecular flexibility index (Phi) is 4.40. The molecule has 0 saturated carbocycles. The number of carbonyl (C=O) groups excluding carboxylic acids is 1. The second-order valence-electron chi connectivity index (χ2n) is 4.70. The Labute approximate surface area is 122 Å². The number of nitrogens with zero attached hydrogens (tertiary/aromatic N) is 1. The molecule has 0 amide bonds. The van der Waals surface area contributed by atoms with Crippen molar-refractivity contribution >= 4 is 23.1 Å². The summed E-state index contributed by atoms with van der Waals surface area (Å²) in [7, 11) is 1.90. The summed E-state index contributed by atoms with van der Waals surface area (Å²) in [4.78, 5) is 13.3. The first kappa shape index (κ1) is 14.5. The maximum atomic E-state index is 12.9. The van der Waals surface area contributed by atoms with Gasteiger partial charge in [0.2, 0.25) is 0 Å². The van der Waals surface area contributed by atoms with E-state index in [1.165, 1.54) is 19.1 Å². The van der Waals surface area contributed by atoms with Crippen molar-refractivity contribution in [3.63, 3.8) is 0 Å². The molecule has 0 aliphatic rings. The normalized spacial score (nSPS) is 10.4. The van der Waals surface area contributed by atoms with E-state index < -0.39 is 0 Å². The lowest BCUT2D eigenvalue weighted by molar-refractivity contribution is 0.101. The first-order chi connectivity index (χ1) is 9.47. The minimum atomic E-state index is -0.250. The molecule has 0 atom stereocenters. The van der Waals surface area contributed by atoms with Gasteiger partial charge in [-0.25, -0.2) is 4.39 Å². The predicted molar refractivity (Wildman–Crippen MR) is 80.0 cm³/mol. The average molecular weight is 292 g/mol. The first-order valence-corrected chi connectivity index (χ1v) is 6.61. The second-order valence-corrected chi connectivity index (χ2v) is 5.11. The lowest BCUT2D eigenvalue weighted by Gasteiger charge is -2.21. The highest BCUT2D eigenvalue weighted by Crippen LogP contribution is 2.27. The summed E-state index contributed by atoms with van der Waals surface area (Å²) in [5.41, 5.74) is 2.41. The van der Waals surface area contributed by atoms with Crippen molar-refractivity contribution in [2.45, 2.75) is 13.5 Å². The van der Waals surface area contributed by atoms with Crippen LogP contribution in [0.5, 0.6) is 0 Å². The number of Topliss-reactive ketones (excluding diaryl/α,β-unsaturated/α-hetero) is 1. The van der Waals surface area contributed by atoms with Crippen LogP contribution in [0.25, 0.3) is 0 Å². The van der Waals surface area contributed by atoms with Gasteiger partial charge in [-0.3, -0.25) is 4.79 Å². The molecule has 0 aromatic heterocycles. The van der Waals surface area contributed by atoms with Gasteiger partial charge in [0, 0.05) is 19.2 Å². The lowest BCUT2D eigenvalue weighted by atomic mass is 10.1. The van der Waals surface area contributed by atoms with Crippen molar-refractivity contribution in [1.82, 2.24) is 0 Å². The largest absolute Gasteiger partial charge is 0.369 e. The standard InChI is InChI=1S/C16H15ClFNO/c1-11(20)13-5-8-16(15(17)9-13)19(2)10-12-3-6-14(18)7-4-12/h3-9H,10H2,1-2H3. The molecule has 0 radical (unpaired) electrons. The minimum Gasteiger partial charge on any atom is -0.369 e. The minimum absolute atomic E-state index is 0.0142. The fourth-order valence-corrected chi connectivity index (χ4v) is 2.31. The van der Waals surface area contributed by atoms with Crippen LogP contribution in [0, 0.1) is 5.82 Å². The van der Waals surface area contributed by atoms with E-state index in [0.29, 0.717) is 17.1 Å². The number of rotatable bonds is 4. The number of ketones is 1. The average Bonchev–Trinajstić information content (AvgIpc) is 2.41. The lowest BCUT2D eigenvalue weighted by Crippen LogP contribution is -2.17. The van der Waals surface area contributed by atoms with Gasteiger partial charge >= 0.3 is 0 Å². The monoisotopic (exact) mass is 291 g/mol. The molecule has 0 spiro atoms. The summed E-state index contributed by atoms with van der Waals surface area (Å²) in [6.45, 7) is 2.12. The van der Waals surface area contributed by atoms with Crippen LogP contribution in [0.2, 0.25) is 5.02 Å². The van der Waals surface area contributed by atoms with E-state index in [0.717, 1.165) is 11.3 Å². The maximum Gasteiger partial charge on any atom is 0.159 e. The molecule has 0 fully saturated rings. The molecule has 0 heterocycles. The van der Waals surface area contributed by atoms with Gasteiger partial charge in [-0.2, -0.15) is 0 Å². The third-order valence-corrected chi connectivity index (χ3v) is 3.40. The van der Waals surface area contributed by atoms with E-state index in [-0.39, 0.29) is 11.6 Å². The molecule has 0 bridgehead atoms. The molecule has 2 aromatic rings. The van der Waals surface area contributed by atoms with Gasteiger partial charge in [0.15, 0.2) is 5.78 Å². The fraction of sp³-hybridized carbons (Fsp3) is 0.188. The number of hydrogen-bond donors (Lipinski definition) is 0. The Morgan fingerprint density at radius 2 is 1.85 bits per heavy atom. The van der Waals surface area contributed by atoms with E-state index in [4.69, 9.17) is 11.6 Å². The van der Waals surface area contributed by atoms with Crippen molar-refractivity contribution in [3.8, 4) is 0 Å². The smallest absolute Gasteiger partial charge is 0.159 e. The first-order valence-electron chi connectivity index (χ1n) is 6.23. The zero-order valence-electron chi connectivity index (χ0n) is 11.4. The van der Waals surface area contributed by atoms with Gasteiger partial charge in [-0.05, 0) is 42.8 Å². The van der Waals surface area contributed by atoms with Gasteiger partial charge in [0.1, 0.15) is 5.82 Å². The summed E-state index contributed by atoms with van der Waals surface area (Å²) in [5, 5.41) is 0.530. The molecule has 20 heavy (non-hydrogen) atoms. The number of anilines is 1. The molecule has 0 aliphatic heterocycles. The van der Waals surface area contributed by atoms with Gasteiger partial charge in [-0.1, -0.05) is 23.7 Å². The van der Waals surface area contributed by atoms with Crippen molar-refractivity contribution in [2.75, 3.05) is 11.9 Å². The fourth-order valence-electron chi connectivity index (χ4n) is 1.98. The van der Waals surface area contributed by atoms with Gasteiger partial charge < -0.3 is 4.90 Å². The summed E-state index contributed by atoms with van der Waals surface area (Å²) in [6, 6.07) is 11.6. The Hall–Kier alpha value is -1.87. The summed E-state index contributed by atoms with van der Waals surface area (Å²) >= 11 is 6.21. The van der Waals surface area contributed by atoms with Crippen molar-refractivity contribution in [2.24, 2.45) is 0 Å². The van der Waals surface area contributed by atoms with Gasteiger partial charge in [0.25, 0.3) is 0 Å². The SMILES string of the molecule is CC(=O)c1ccc(N(C)Cc2ccc(F)cc2)c(Cl)c1. The molecule has 104 valence electrons. The van der Waals surface area contributed by atoms with Crippen LogP contribution in [0.4, 0.5) is 10.1 Å². The van der Waals surface area contributed by atoms with Crippen LogP contribution >= 0.6 is 11.6 Å². The summed E-state index contributed by atoms with van der Waals surface area (Å²) in [6.07, 6.45) is 0. The summed E-state index contributed by atoms with van der Waals surface area (Å²) in [5.74, 6) is -0.264. The highest BCUT2D eigenvalue weighted by molar-refractivity contribution is 6.33. The zero-order chi connectivity index (χ0) is 14.7. The van der Waals surface area contributed by atoms with Crippen molar-refractivity contribution in [3.05, 3.63) is 64.4 Å². The zero-order valence-corrected chi connectivity index (χ0v) is 12.1. The van der Waals surface area contributed by atoms with Crippen LogP contribution < -0.4 is 4.90 Å². The Balaban J connectivity index is 2.18. The predicted octanol–water partition coefficient (Wildman–Crippen LogP) is 4.32. The van der Waals surface area contributed by atoms with Crippen molar-refractivity contribution in [1.29, 1.82) is 0 Å². The third kappa shape index (κ3) is 3.36. The number of hydrogen-bond acceptors (Lipinski definition) is 2. The quantitative estimate of drug-likeness (QED) is 0.782. The highest BCUT2D eigenvalue weighted by atomic mass is 35.5. The number of carbonyl (C=O) groups is 1. The molecular weight excluding hydrogens is 277 g/mol. The third-order valence-electron chi connectivity index (χ3n) is 3.10. The Morgan fingerprint density at radius 3 is 2.40 bits per heavy atom. The maximum absolute atomic E-state index is 12.9. The number of halogens is 2. The van der Waals surface area contributed by atoms with E-state index >= 15 is 0 Å². The molecule has 0 unspecified atom stereocenters. The van der Waals surface area contributed by atoms with Crippen LogP contribution in [0.3, 0.4) is 0 Å². The molecule has 0 aliphatic carbocycles. The van der Waals surface area contributed by atoms with Crippen LogP contribution in [0.1, 0.15) is 22.8 Å². The highest BCUT2D eigenvalue weighted by Gasteiger charge is 2.09. The van der Waals surface area contributed by atoms with Gasteiger partial charge in [-0.15, -0.1) is 0 Å². The molecule has 2 aromatic carbocycles. The molecule has 0 saturated heterocycles.